The van der Waals surface area contributed by atoms with Gasteiger partial charge in [-0.1, -0.05) is 6.07 Å². The third kappa shape index (κ3) is 4.93. The Labute approximate surface area is 176 Å². The van der Waals surface area contributed by atoms with Crippen molar-refractivity contribution in [2.45, 2.75) is 31.7 Å². The van der Waals surface area contributed by atoms with Gasteiger partial charge in [0.2, 0.25) is 5.88 Å². The number of aromatic nitrogens is 2. The summed E-state index contributed by atoms with van der Waals surface area (Å²) in [6, 6.07) is 3.47. The molecule has 3 heterocycles. The second-order valence-electron chi connectivity index (χ2n) is 7.16. The van der Waals surface area contributed by atoms with E-state index in [0.717, 1.165) is 4.90 Å². The summed E-state index contributed by atoms with van der Waals surface area (Å²) in [6.45, 7) is 1.45. The number of ether oxygens (including phenoxy) is 1. The summed E-state index contributed by atoms with van der Waals surface area (Å²) in [7, 11) is 1.29. The van der Waals surface area contributed by atoms with Crippen molar-refractivity contribution in [3.63, 3.8) is 0 Å². The van der Waals surface area contributed by atoms with Crippen LogP contribution < -0.4 is 15.8 Å². The van der Waals surface area contributed by atoms with Gasteiger partial charge in [-0.25, -0.2) is 13.8 Å². The van der Waals surface area contributed by atoms with E-state index in [2.05, 4.69) is 15.3 Å². The quantitative estimate of drug-likeness (QED) is 0.708. The molecule has 2 aromatic rings. The number of aryl methyl sites for hydroxylation is 1. The highest BCUT2D eigenvalue weighted by Crippen LogP contribution is 2.39. The second kappa shape index (κ2) is 8.62. The Balaban J connectivity index is 1.82. The Hall–Kier alpha value is -3.63. The predicted molar refractivity (Wildman–Crippen MR) is 106 cm³/mol. The third-order valence-corrected chi connectivity index (χ3v) is 4.93. The maximum Gasteiger partial charge on any atom is 0.313 e. The van der Waals surface area contributed by atoms with Gasteiger partial charge in [-0.3, -0.25) is 19.4 Å². The van der Waals surface area contributed by atoms with Crippen LogP contribution in [0.2, 0.25) is 0 Å². The van der Waals surface area contributed by atoms with Gasteiger partial charge in [0.15, 0.2) is 0 Å². The van der Waals surface area contributed by atoms with Crippen molar-refractivity contribution in [1.82, 2.24) is 14.9 Å². The lowest BCUT2D eigenvalue weighted by atomic mass is 9.93. The first-order chi connectivity index (χ1) is 14.6. The number of nitrogens with zero attached hydrogens (tertiary/aromatic N) is 3. The molecule has 0 aliphatic carbocycles. The highest BCUT2D eigenvalue weighted by molar-refractivity contribution is 6.39. The summed E-state index contributed by atoms with van der Waals surface area (Å²) >= 11 is 0. The van der Waals surface area contributed by atoms with Gasteiger partial charge in [0.25, 0.3) is 11.8 Å². The van der Waals surface area contributed by atoms with E-state index < -0.39 is 42.5 Å². The maximum atomic E-state index is 14.1. The van der Waals surface area contributed by atoms with Crippen LogP contribution in [-0.2, 0) is 9.59 Å². The highest BCUT2D eigenvalue weighted by Gasteiger charge is 2.44. The fourth-order valence-electron chi connectivity index (χ4n) is 3.33. The molecular weight excluding hydrogens is 412 g/mol. The summed E-state index contributed by atoms with van der Waals surface area (Å²) in [4.78, 5) is 46.0. The Morgan fingerprint density at radius 1 is 1.26 bits per heavy atom. The SMILES string of the molecule is COc1ncc(NC(=O)C(=O)N2CCC(F)(F)C[C@H]2c2ccc(C)nc2)cc1C(N)=O. The fraction of sp³-hybridized carbons (Fsp3) is 0.350. The van der Waals surface area contributed by atoms with Gasteiger partial charge < -0.3 is 20.7 Å². The number of hydrogen-bond donors (Lipinski definition) is 2. The third-order valence-electron chi connectivity index (χ3n) is 4.93. The number of piperidine rings is 1. The summed E-state index contributed by atoms with van der Waals surface area (Å²) in [5.74, 6) is -5.90. The average molecular weight is 433 g/mol. The normalized spacial score (nSPS) is 17.7. The zero-order valence-electron chi connectivity index (χ0n) is 16.9. The predicted octanol–water partition coefficient (Wildman–Crippen LogP) is 1.83. The topological polar surface area (TPSA) is 128 Å². The van der Waals surface area contributed by atoms with Gasteiger partial charge in [0, 0.05) is 31.3 Å². The lowest BCUT2D eigenvalue weighted by molar-refractivity contribution is -0.151. The van der Waals surface area contributed by atoms with Crippen molar-refractivity contribution in [3.05, 3.63) is 47.4 Å². The number of methoxy groups -OCH3 is 1. The minimum Gasteiger partial charge on any atom is -0.480 e. The molecule has 1 atom stereocenters. The number of anilines is 1. The molecule has 3 N–H and O–H groups in total. The monoisotopic (exact) mass is 433 g/mol. The molecule has 0 saturated carbocycles. The molecule has 1 aliphatic heterocycles. The van der Waals surface area contributed by atoms with Crippen molar-refractivity contribution in [1.29, 1.82) is 0 Å². The number of primary amides is 1. The molecule has 3 amide bonds. The molecule has 1 aliphatic rings. The van der Waals surface area contributed by atoms with Crippen molar-refractivity contribution in [2.75, 3.05) is 19.0 Å². The summed E-state index contributed by atoms with van der Waals surface area (Å²) in [5, 5.41) is 2.33. The first-order valence-electron chi connectivity index (χ1n) is 9.37. The number of amides is 3. The molecule has 3 rings (SSSR count). The van der Waals surface area contributed by atoms with Crippen molar-refractivity contribution < 1.29 is 27.9 Å². The number of hydrogen-bond acceptors (Lipinski definition) is 6. The Kier molecular flexibility index (Phi) is 6.14. The van der Waals surface area contributed by atoms with Crippen LogP contribution in [0, 0.1) is 6.92 Å². The number of nitrogens with two attached hydrogens (primary N) is 1. The zero-order valence-corrected chi connectivity index (χ0v) is 16.9. The van der Waals surface area contributed by atoms with E-state index in [1.165, 1.54) is 25.6 Å². The van der Waals surface area contributed by atoms with E-state index >= 15 is 0 Å². The molecule has 0 radical (unpaired) electrons. The van der Waals surface area contributed by atoms with Crippen LogP contribution in [0.4, 0.5) is 14.5 Å². The number of nitrogens with one attached hydrogen (secondary N) is 1. The van der Waals surface area contributed by atoms with Crippen LogP contribution in [0.15, 0.2) is 30.6 Å². The zero-order chi connectivity index (χ0) is 22.8. The van der Waals surface area contributed by atoms with Gasteiger partial charge in [0.1, 0.15) is 5.56 Å². The van der Waals surface area contributed by atoms with E-state index in [4.69, 9.17) is 10.5 Å². The molecule has 11 heteroatoms. The van der Waals surface area contributed by atoms with Crippen LogP contribution >= 0.6 is 0 Å². The minimum absolute atomic E-state index is 0.0313. The Bertz CT molecular complexity index is 1010. The molecule has 2 aromatic heterocycles. The standard InChI is InChI=1S/C20H21F2N5O4/c1-11-3-4-12(9-24-11)15-8-20(21,22)5-6-27(15)19(30)17(29)26-13-7-14(16(23)28)18(31-2)25-10-13/h3-4,7,9-10,15H,5-6,8H2,1-2H3,(H2,23,28)(H,26,29)/t15-/m0/s1. The van der Waals surface area contributed by atoms with Gasteiger partial charge in [-0.05, 0) is 24.6 Å². The minimum atomic E-state index is -2.97. The van der Waals surface area contributed by atoms with E-state index in [0.29, 0.717) is 11.3 Å². The molecule has 0 bridgehead atoms. The van der Waals surface area contributed by atoms with Crippen LogP contribution in [0.5, 0.6) is 5.88 Å². The lowest BCUT2D eigenvalue weighted by Crippen LogP contribution is -2.48. The first kappa shape index (κ1) is 22.1. The molecule has 164 valence electrons. The van der Waals surface area contributed by atoms with E-state index in [1.54, 1.807) is 19.1 Å². The highest BCUT2D eigenvalue weighted by atomic mass is 19.3. The Morgan fingerprint density at radius 3 is 2.61 bits per heavy atom. The number of likely N-dealkylation sites (tertiary alicyclic amines) is 1. The number of pyridine rings is 2. The van der Waals surface area contributed by atoms with Gasteiger partial charge in [0.05, 0.1) is 25.0 Å². The maximum absolute atomic E-state index is 14.1. The summed E-state index contributed by atoms with van der Waals surface area (Å²) in [5.41, 5.74) is 6.31. The van der Waals surface area contributed by atoms with Crippen molar-refractivity contribution in [3.8, 4) is 5.88 Å². The summed E-state index contributed by atoms with van der Waals surface area (Å²) < 4.78 is 33.1. The molecule has 1 saturated heterocycles. The van der Waals surface area contributed by atoms with E-state index in [1.807, 2.05) is 0 Å². The molecule has 1 fully saturated rings. The average Bonchev–Trinajstić information content (AvgIpc) is 2.73. The number of carbonyl (C=O) groups excluding carboxylic acids is 3. The van der Waals surface area contributed by atoms with E-state index in [-0.39, 0.29) is 23.7 Å². The van der Waals surface area contributed by atoms with Crippen LogP contribution in [-0.4, -0.2) is 52.2 Å². The summed E-state index contributed by atoms with van der Waals surface area (Å²) in [6.07, 6.45) is 1.43. The van der Waals surface area contributed by atoms with Gasteiger partial charge >= 0.3 is 11.8 Å². The van der Waals surface area contributed by atoms with Gasteiger partial charge in [-0.2, -0.15) is 0 Å². The number of halogens is 2. The number of carbonyl (C=O) groups is 3. The smallest absolute Gasteiger partial charge is 0.313 e. The first-order valence-corrected chi connectivity index (χ1v) is 9.37. The van der Waals surface area contributed by atoms with Crippen molar-refractivity contribution in [2.24, 2.45) is 5.73 Å². The lowest BCUT2D eigenvalue weighted by Gasteiger charge is -2.39. The van der Waals surface area contributed by atoms with Crippen molar-refractivity contribution >= 4 is 23.4 Å². The van der Waals surface area contributed by atoms with E-state index in [9.17, 15) is 23.2 Å². The molecule has 9 nitrogen and oxygen atoms in total. The number of alkyl halides is 2. The largest absolute Gasteiger partial charge is 0.480 e. The molecule has 0 spiro atoms. The van der Waals surface area contributed by atoms with Crippen LogP contribution in [0.25, 0.3) is 0 Å². The molecule has 31 heavy (non-hydrogen) atoms. The van der Waals surface area contributed by atoms with Gasteiger partial charge in [-0.15, -0.1) is 0 Å². The number of rotatable bonds is 4. The van der Waals surface area contributed by atoms with Crippen LogP contribution in [0.1, 0.15) is 40.5 Å². The molecule has 0 unspecified atom stereocenters. The molecule has 0 aromatic carbocycles. The molecular formula is C20H21F2N5O4. The second-order valence-corrected chi connectivity index (χ2v) is 7.16. The fourth-order valence-corrected chi connectivity index (χ4v) is 3.33. The Morgan fingerprint density at radius 2 is 2.00 bits per heavy atom. The van der Waals surface area contributed by atoms with Crippen LogP contribution in [0.3, 0.4) is 0 Å².